The normalized spacial score (nSPS) is 29.3. The van der Waals surface area contributed by atoms with Gasteiger partial charge in [-0.1, -0.05) is 6.92 Å². The Labute approximate surface area is 56.4 Å². The zero-order valence-electron chi connectivity index (χ0n) is 5.97. The Morgan fingerprint density at radius 1 is 1.78 bits per heavy atom. The molecule has 9 heavy (non-hydrogen) atoms. The molecule has 2 atom stereocenters. The van der Waals surface area contributed by atoms with Crippen molar-refractivity contribution in [1.29, 1.82) is 0 Å². The molecule has 0 aromatic heterocycles. The summed E-state index contributed by atoms with van der Waals surface area (Å²) in [5.74, 6) is 0.635. The van der Waals surface area contributed by atoms with Gasteiger partial charge >= 0.3 is 0 Å². The maximum atomic E-state index is 5.44. The Balaban J connectivity index is 2.01. The van der Waals surface area contributed by atoms with Crippen LogP contribution in [0.2, 0.25) is 0 Å². The molecule has 1 unspecified atom stereocenters. The van der Waals surface area contributed by atoms with E-state index in [2.05, 4.69) is 6.92 Å². The summed E-state index contributed by atoms with van der Waals surface area (Å²) in [6.45, 7) is 3.92. The van der Waals surface area contributed by atoms with E-state index in [9.17, 15) is 0 Å². The summed E-state index contributed by atoms with van der Waals surface area (Å²) in [6, 6.07) is 0. The van der Waals surface area contributed by atoms with E-state index in [1.54, 1.807) is 0 Å². The van der Waals surface area contributed by atoms with E-state index >= 15 is 0 Å². The maximum Gasteiger partial charge on any atom is 0.0600 e. The fourth-order valence-corrected chi connectivity index (χ4v) is 1.02. The average Bonchev–Trinajstić information content (AvgIpc) is 1.78. The quantitative estimate of drug-likeness (QED) is 0.610. The minimum atomic E-state index is 0.531. The van der Waals surface area contributed by atoms with Crippen molar-refractivity contribution >= 4 is 0 Å². The predicted octanol–water partition coefficient (Wildman–Crippen LogP) is 0.760. The van der Waals surface area contributed by atoms with Crippen LogP contribution < -0.4 is 5.73 Å². The minimum Gasteiger partial charge on any atom is -0.378 e. The molecule has 1 fully saturated rings. The molecular weight excluding hydrogens is 114 g/mol. The van der Waals surface area contributed by atoms with Gasteiger partial charge in [-0.3, -0.25) is 0 Å². The molecular formula is C7H15NO. The van der Waals surface area contributed by atoms with Gasteiger partial charge in [-0.15, -0.1) is 0 Å². The van der Waals surface area contributed by atoms with Crippen LogP contribution in [0.3, 0.4) is 0 Å². The second-order valence-electron chi connectivity index (χ2n) is 2.86. The molecule has 2 heteroatoms. The van der Waals surface area contributed by atoms with Gasteiger partial charge in [0.1, 0.15) is 0 Å². The van der Waals surface area contributed by atoms with Gasteiger partial charge in [-0.05, 0) is 25.3 Å². The monoisotopic (exact) mass is 129 g/mol. The van der Waals surface area contributed by atoms with E-state index in [1.165, 1.54) is 6.42 Å². The summed E-state index contributed by atoms with van der Waals surface area (Å²) in [6.07, 6.45) is 2.92. The van der Waals surface area contributed by atoms with Crippen molar-refractivity contribution in [3.05, 3.63) is 0 Å². The topological polar surface area (TPSA) is 35.2 Å². The van der Waals surface area contributed by atoms with Gasteiger partial charge in [-0.2, -0.15) is 0 Å². The van der Waals surface area contributed by atoms with Crippen LogP contribution in [0.15, 0.2) is 0 Å². The van der Waals surface area contributed by atoms with Crippen molar-refractivity contribution < 1.29 is 4.74 Å². The molecule has 1 saturated heterocycles. The van der Waals surface area contributed by atoms with Crippen molar-refractivity contribution in [3.63, 3.8) is 0 Å². The van der Waals surface area contributed by atoms with Crippen LogP contribution in [0.1, 0.15) is 19.8 Å². The summed E-state index contributed by atoms with van der Waals surface area (Å²) in [5.41, 5.74) is 5.44. The van der Waals surface area contributed by atoms with Crippen molar-refractivity contribution in [2.75, 3.05) is 13.2 Å². The van der Waals surface area contributed by atoms with E-state index in [-0.39, 0.29) is 0 Å². The number of hydrogen-bond donors (Lipinski definition) is 1. The van der Waals surface area contributed by atoms with Gasteiger partial charge < -0.3 is 10.5 Å². The van der Waals surface area contributed by atoms with Crippen molar-refractivity contribution in [2.45, 2.75) is 25.9 Å². The number of nitrogens with two attached hydrogens (primary N) is 1. The number of rotatable bonds is 3. The highest BCUT2D eigenvalue weighted by Crippen LogP contribution is 2.18. The van der Waals surface area contributed by atoms with Gasteiger partial charge in [0, 0.05) is 6.61 Å². The van der Waals surface area contributed by atoms with E-state index in [0.717, 1.165) is 19.6 Å². The van der Waals surface area contributed by atoms with E-state index in [1.807, 2.05) is 0 Å². The fraction of sp³-hybridized carbons (Fsp3) is 1.00. The fourth-order valence-electron chi connectivity index (χ4n) is 1.02. The molecule has 0 bridgehead atoms. The smallest absolute Gasteiger partial charge is 0.0600 e. The first-order valence-corrected chi connectivity index (χ1v) is 3.64. The first-order chi connectivity index (χ1) is 4.33. The van der Waals surface area contributed by atoms with Crippen molar-refractivity contribution in [3.8, 4) is 0 Å². The molecule has 0 spiro atoms. The lowest BCUT2D eigenvalue weighted by atomic mass is 10.00. The van der Waals surface area contributed by atoms with Crippen molar-refractivity contribution in [1.82, 2.24) is 0 Å². The van der Waals surface area contributed by atoms with Crippen LogP contribution in [0.25, 0.3) is 0 Å². The third-order valence-electron chi connectivity index (χ3n) is 1.86. The zero-order valence-corrected chi connectivity index (χ0v) is 5.97. The Morgan fingerprint density at radius 2 is 2.44 bits per heavy atom. The molecule has 0 amide bonds. The lowest BCUT2D eigenvalue weighted by Crippen LogP contribution is -2.30. The third-order valence-corrected chi connectivity index (χ3v) is 1.86. The van der Waals surface area contributed by atoms with Crippen LogP contribution in [0.4, 0.5) is 0 Å². The second kappa shape index (κ2) is 3.18. The Kier molecular flexibility index (Phi) is 2.49. The first kappa shape index (κ1) is 7.03. The second-order valence-corrected chi connectivity index (χ2v) is 2.86. The van der Waals surface area contributed by atoms with E-state index in [4.69, 9.17) is 10.5 Å². The highest BCUT2D eigenvalue weighted by molar-refractivity contribution is 4.69. The summed E-state index contributed by atoms with van der Waals surface area (Å²) >= 11 is 0. The lowest BCUT2D eigenvalue weighted by Gasteiger charge is -2.28. The Hall–Kier alpha value is -0.0800. The zero-order chi connectivity index (χ0) is 6.69. The van der Waals surface area contributed by atoms with Gasteiger partial charge in [0.2, 0.25) is 0 Å². The molecule has 0 saturated carbocycles. The number of ether oxygens (including phenoxy) is 1. The molecule has 1 heterocycles. The van der Waals surface area contributed by atoms with Crippen LogP contribution in [0.5, 0.6) is 0 Å². The first-order valence-electron chi connectivity index (χ1n) is 3.64. The summed E-state index contributed by atoms with van der Waals surface area (Å²) < 4.78 is 5.25. The molecule has 0 aromatic carbocycles. The standard InChI is InChI=1S/C7H15NO/c1-6(5-8)4-7-2-3-9-7/h6-7H,2-5,8H2,1H3/t6-,7?/m0/s1. The van der Waals surface area contributed by atoms with Crippen LogP contribution in [-0.4, -0.2) is 19.3 Å². The highest BCUT2D eigenvalue weighted by Gasteiger charge is 2.19. The Bertz CT molecular complexity index is 78.2. The summed E-state index contributed by atoms with van der Waals surface area (Å²) in [4.78, 5) is 0. The molecule has 2 N–H and O–H groups in total. The largest absolute Gasteiger partial charge is 0.378 e. The van der Waals surface area contributed by atoms with Gasteiger partial charge in [0.05, 0.1) is 6.10 Å². The summed E-state index contributed by atoms with van der Waals surface area (Å²) in [5, 5.41) is 0. The SMILES string of the molecule is C[C@H](CN)CC1CCO1. The van der Waals surface area contributed by atoms with Gasteiger partial charge in [0.25, 0.3) is 0 Å². The number of hydrogen-bond acceptors (Lipinski definition) is 2. The molecule has 0 aliphatic carbocycles. The third kappa shape index (κ3) is 1.95. The van der Waals surface area contributed by atoms with Crippen LogP contribution in [-0.2, 0) is 4.74 Å². The predicted molar refractivity (Wildman–Crippen MR) is 37.2 cm³/mol. The molecule has 0 radical (unpaired) electrons. The molecule has 2 nitrogen and oxygen atoms in total. The highest BCUT2D eigenvalue weighted by atomic mass is 16.5. The van der Waals surface area contributed by atoms with Crippen molar-refractivity contribution in [2.24, 2.45) is 11.7 Å². The van der Waals surface area contributed by atoms with E-state index in [0.29, 0.717) is 12.0 Å². The van der Waals surface area contributed by atoms with Gasteiger partial charge in [-0.25, -0.2) is 0 Å². The lowest BCUT2D eigenvalue weighted by molar-refractivity contribution is -0.0610. The molecule has 1 aliphatic heterocycles. The maximum absolute atomic E-state index is 5.44. The van der Waals surface area contributed by atoms with Crippen LogP contribution in [0, 0.1) is 5.92 Å². The van der Waals surface area contributed by atoms with Gasteiger partial charge in [0.15, 0.2) is 0 Å². The summed E-state index contributed by atoms with van der Waals surface area (Å²) in [7, 11) is 0. The van der Waals surface area contributed by atoms with Crippen LogP contribution >= 0.6 is 0 Å². The Morgan fingerprint density at radius 3 is 2.78 bits per heavy atom. The molecule has 1 aliphatic rings. The minimum absolute atomic E-state index is 0.531. The molecule has 0 aromatic rings. The van der Waals surface area contributed by atoms with E-state index < -0.39 is 0 Å². The average molecular weight is 129 g/mol. The molecule has 54 valence electrons. The molecule has 1 rings (SSSR count).